The van der Waals surface area contributed by atoms with Crippen LogP contribution < -0.4 is 15.8 Å². The van der Waals surface area contributed by atoms with Crippen molar-refractivity contribution in [3.05, 3.63) is 28.8 Å². The fourth-order valence-corrected chi connectivity index (χ4v) is 1.98. The van der Waals surface area contributed by atoms with Crippen LogP contribution in [-0.2, 0) is 0 Å². The highest BCUT2D eigenvalue weighted by Crippen LogP contribution is 2.24. The number of carbonyl (C=O) groups is 1. The zero-order chi connectivity index (χ0) is 13.1. The number of methoxy groups -OCH3 is 1. The number of nitrogen functional groups attached to an aromatic ring is 1. The third kappa shape index (κ3) is 2.69. The van der Waals surface area contributed by atoms with Gasteiger partial charge in [-0.2, -0.15) is 0 Å². The van der Waals surface area contributed by atoms with Gasteiger partial charge in [0.1, 0.15) is 5.75 Å². The average molecular weight is 285 g/mol. The lowest BCUT2D eigenvalue weighted by Gasteiger charge is -2.07. The van der Waals surface area contributed by atoms with Gasteiger partial charge in [-0.05, 0) is 18.2 Å². The fraction of sp³-hybridized carbons (Fsp3) is 0.100. The Bertz CT molecular complexity index is 587. The first-order chi connectivity index (χ1) is 8.60. The number of nitrogens with two attached hydrogens (primary N) is 1. The van der Waals surface area contributed by atoms with Gasteiger partial charge in [0.05, 0.1) is 12.7 Å². The fourth-order valence-electron chi connectivity index (χ4n) is 1.31. The van der Waals surface area contributed by atoms with Crippen molar-refractivity contribution in [3.63, 3.8) is 0 Å². The van der Waals surface area contributed by atoms with Gasteiger partial charge in [-0.3, -0.25) is 10.1 Å². The Morgan fingerprint density at radius 3 is 2.89 bits per heavy atom. The minimum Gasteiger partial charge on any atom is -0.496 e. The van der Waals surface area contributed by atoms with E-state index in [1.54, 1.807) is 12.1 Å². The third-order valence-electron chi connectivity index (χ3n) is 2.07. The van der Waals surface area contributed by atoms with E-state index in [1.165, 1.54) is 13.2 Å². The van der Waals surface area contributed by atoms with E-state index in [1.807, 2.05) is 0 Å². The molecule has 8 heteroatoms. The van der Waals surface area contributed by atoms with Crippen molar-refractivity contribution in [2.45, 2.75) is 0 Å². The average Bonchev–Trinajstić information content (AvgIpc) is 2.74. The number of aromatic nitrogens is 2. The summed E-state index contributed by atoms with van der Waals surface area (Å²) < 4.78 is 5.09. The van der Waals surface area contributed by atoms with E-state index in [0.717, 1.165) is 11.3 Å². The van der Waals surface area contributed by atoms with Crippen molar-refractivity contribution in [2.75, 3.05) is 18.2 Å². The number of nitrogens with zero attached hydrogens (tertiary/aromatic N) is 2. The quantitative estimate of drug-likeness (QED) is 0.900. The number of hydrogen-bond acceptors (Lipinski definition) is 6. The number of hydrogen-bond donors (Lipinski definition) is 2. The number of amides is 1. The number of nitrogens with one attached hydrogen (secondary N) is 1. The summed E-state index contributed by atoms with van der Waals surface area (Å²) in [5.74, 6) is 0.0416. The van der Waals surface area contributed by atoms with Crippen LogP contribution in [0.3, 0.4) is 0 Å². The Morgan fingerprint density at radius 1 is 1.50 bits per heavy atom. The molecule has 1 heterocycles. The second kappa shape index (κ2) is 5.19. The van der Waals surface area contributed by atoms with Crippen LogP contribution in [0.25, 0.3) is 0 Å². The Balaban J connectivity index is 2.25. The summed E-state index contributed by atoms with van der Waals surface area (Å²) in [5, 5.41) is 10.9. The first-order valence-electron chi connectivity index (χ1n) is 4.84. The Hall–Kier alpha value is -1.86. The van der Waals surface area contributed by atoms with Crippen molar-refractivity contribution in [1.82, 2.24) is 10.2 Å². The standard InChI is InChI=1S/C10H9ClN4O2S/c1-17-7-3-2-5(11)4-6(7)8(16)13-10-15-14-9(12)18-10/h2-4H,1H3,(H2,12,14)(H,13,15,16). The molecule has 6 nitrogen and oxygen atoms in total. The molecule has 1 aromatic heterocycles. The van der Waals surface area contributed by atoms with Crippen molar-refractivity contribution in [1.29, 1.82) is 0 Å². The van der Waals surface area contributed by atoms with Crippen molar-refractivity contribution < 1.29 is 9.53 Å². The molecule has 0 saturated heterocycles. The normalized spacial score (nSPS) is 10.1. The highest BCUT2D eigenvalue weighted by molar-refractivity contribution is 7.19. The smallest absolute Gasteiger partial charge is 0.261 e. The van der Waals surface area contributed by atoms with Gasteiger partial charge in [0.2, 0.25) is 10.3 Å². The first-order valence-corrected chi connectivity index (χ1v) is 6.03. The maximum Gasteiger partial charge on any atom is 0.261 e. The van der Waals surface area contributed by atoms with E-state index in [0.29, 0.717) is 21.5 Å². The minimum atomic E-state index is -0.384. The Morgan fingerprint density at radius 2 is 2.28 bits per heavy atom. The Kier molecular flexibility index (Phi) is 3.63. The summed E-state index contributed by atoms with van der Waals surface area (Å²) in [5.41, 5.74) is 5.74. The molecule has 1 aromatic carbocycles. The predicted molar refractivity (Wildman–Crippen MR) is 70.3 cm³/mol. The van der Waals surface area contributed by atoms with Crippen LogP contribution in [-0.4, -0.2) is 23.2 Å². The molecule has 0 bridgehead atoms. The molecule has 0 spiro atoms. The van der Waals surface area contributed by atoms with Crippen LogP contribution in [0.4, 0.5) is 10.3 Å². The number of halogens is 1. The van der Waals surface area contributed by atoms with E-state index in [-0.39, 0.29) is 11.0 Å². The molecule has 0 fully saturated rings. The lowest BCUT2D eigenvalue weighted by Crippen LogP contribution is -2.13. The molecule has 0 aliphatic rings. The predicted octanol–water partition coefficient (Wildman–Crippen LogP) is 2.03. The van der Waals surface area contributed by atoms with E-state index in [9.17, 15) is 4.79 Å². The molecule has 18 heavy (non-hydrogen) atoms. The molecule has 0 unspecified atom stereocenters. The van der Waals surface area contributed by atoms with Crippen molar-refractivity contribution in [2.24, 2.45) is 0 Å². The molecular weight excluding hydrogens is 276 g/mol. The van der Waals surface area contributed by atoms with Gasteiger partial charge >= 0.3 is 0 Å². The molecule has 0 aliphatic heterocycles. The zero-order valence-corrected chi connectivity index (χ0v) is 10.9. The molecule has 0 radical (unpaired) electrons. The molecule has 0 aliphatic carbocycles. The monoisotopic (exact) mass is 284 g/mol. The molecule has 2 rings (SSSR count). The molecule has 0 atom stereocenters. The summed E-state index contributed by atoms with van der Waals surface area (Å²) in [6.07, 6.45) is 0. The summed E-state index contributed by atoms with van der Waals surface area (Å²) in [7, 11) is 1.48. The summed E-state index contributed by atoms with van der Waals surface area (Å²) in [4.78, 5) is 12.0. The summed E-state index contributed by atoms with van der Waals surface area (Å²) in [6, 6.07) is 4.77. The first kappa shape index (κ1) is 12.6. The van der Waals surface area contributed by atoms with Crippen LogP contribution in [0, 0.1) is 0 Å². The third-order valence-corrected chi connectivity index (χ3v) is 2.97. The molecule has 3 N–H and O–H groups in total. The maximum absolute atomic E-state index is 12.0. The topological polar surface area (TPSA) is 90.1 Å². The van der Waals surface area contributed by atoms with Gasteiger partial charge in [-0.25, -0.2) is 0 Å². The number of benzene rings is 1. The number of anilines is 2. The lowest BCUT2D eigenvalue weighted by atomic mass is 10.2. The molecule has 1 amide bonds. The summed E-state index contributed by atoms with van der Waals surface area (Å²) >= 11 is 6.92. The van der Waals surface area contributed by atoms with Crippen LogP contribution >= 0.6 is 22.9 Å². The maximum atomic E-state index is 12.0. The van der Waals surface area contributed by atoms with Gasteiger partial charge in [0.15, 0.2) is 0 Å². The van der Waals surface area contributed by atoms with Crippen LogP contribution in [0.1, 0.15) is 10.4 Å². The van der Waals surface area contributed by atoms with Crippen LogP contribution in [0.15, 0.2) is 18.2 Å². The van der Waals surface area contributed by atoms with Gasteiger partial charge < -0.3 is 10.5 Å². The molecular formula is C10H9ClN4O2S. The highest BCUT2D eigenvalue weighted by Gasteiger charge is 2.14. The largest absolute Gasteiger partial charge is 0.496 e. The van der Waals surface area contributed by atoms with Gasteiger partial charge in [-0.15, -0.1) is 10.2 Å². The lowest BCUT2D eigenvalue weighted by molar-refractivity contribution is 0.102. The van der Waals surface area contributed by atoms with Gasteiger partial charge in [0, 0.05) is 5.02 Å². The van der Waals surface area contributed by atoms with E-state index >= 15 is 0 Å². The highest BCUT2D eigenvalue weighted by atomic mass is 35.5. The Labute approximate surface area is 112 Å². The summed E-state index contributed by atoms with van der Waals surface area (Å²) in [6.45, 7) is 0. The zero-order valence-electron chi connectivity index (χ0n) is 9.31. The molecule has 2 aromatic rings. The number of rotatable bonds is 3. The second-order valence-corrected chi connectivity index (χ2v) is 4.69. The van der Waals surface area contributed by atoms with Crippen LogP contribution in [0.5, 0.6) is 5.75 Å². The van der Waals surface area contributed by atoms with E-state index < -0.39 is 0 Å². The SMILES string of the molecule is COc1ccc(Cl)cc1C(=O)Nc1nnc(N)s1. The molecule has 94 valence electrons. The van der Waals surface area contributed by atoms with Crippen molar-refractivity contribution in [3.8, 4) is 5.75 Å². The number of ether oxygens (including phenoxy) is 1. The van der Waals surface area contributed by atoms with E-state index in [4.69, 9.17) is 22.1 Å². The second-order valence-electron chi connectivity index (χ2n) is 3.24. The minimum absolute atomic E-state index is 0.281. The number of carbonyl (C=O) groups excluding carboxylic acids is 1. The van der Waals surface area contributed by atoms with Crippen molar-refractivity contribution >= 4 is 39.1 Å². The van der Waals surface area contributed by atoms with Gasteiger partial charge in [0.25, 0.3) is 5.91 Å². The van der Waals surface area contributed by atoms with E-state index in [2.05, 4.69) is 15.5 Å². The van der Waals surface area contributed by atoms with Gasteiger partial charge in [-0.1, -0.05) is 22.9 Å². The van der Waals surface area contributed by atoms with Crippen LogP contribution in [0.2, 0.25) is 5.02 Å². The molecule has 0 saturated carbocycles.